The first-order chi connectivity index (χ1) is 9.28. The maximum atomic E-state index is 8.75. The molecule has 7 nitrogen and oxygen atoms in total. The molecule has 1 atom stereocenters. The monoisotopic (exact) mass is 264 g/mol. The maximum Gasteiger partial charge on any atom is 0.0964 e. The molecule has 2 rings (SSSR count). The average Bonchev–Trinajstić information content (AvgIpc) is 3.05. The summed E-state index contributed by atoms with van der Waals surface area (Å²) in [4.78, 5) is 0. The number of aromatic nitrogens is 5. The van der Waals surface area contributed by atoms with Crippen molar-refractivity contribution < 1.29 is 5.11 Å². The molecule has 1 unspecified atom stereocenters. The van der Waals surface area contributed by atoms with Crippen molar-refractivity contribution in [3.8, 4) is 0 Å². The fourth-order valence-electron chi connectivity index (χ4n) is 1.79. The molecular formula is C12H20N6O. The first-order valence-electron chi connectivity index (χ1n) is 6.48. The van der Waals surface area contributed by atoms with Crippen molar-refractivity contribution in [3.63, 3.8) is 0 Å². The van der Waals surface area contributed by atoms with Crippen LogP contribution in [-0.4, -0.2) is 42.5 Å². The zero-order chi connectivity index (χ0) is 13.5. The Balaban J connectivity index is 1.73. The van der Waals surface area contributed by atoms with Gasteiger partial charge in [0, 0.05) is 44.3 Å². The Labute approximate surface area is 112 Å². The molecule has 0 radical (unpaired) electrons. The summed E-state index contributed by atoms with van der Waals surface area (Å²) in [5, 5.41) is 24.4. The van der Waals surface area contributed by atoms with Gasteiger partial charge in [0.25, 0.3) is 0 Å². The van der Waals surface area contributed by atoms with Crippen molar-refractivity contribution in [2.75, 3.05) is 6.61 Å². The molecule has 0 bridgehead atoms. The third kappa shape index (κ3) is 4.46. The minimum atomic E-state index is 0.175. The highest BCUT2D eigenvalue weighted by Gasteiger charge is 2.05. The van der Waals surface area contributed by atoms with Crippen LogP contribution in [0.1, 0.15) is 19.0 Å². The maximum absolute atomic E-state index is 8.75. The van der Waals surface area contributed by atoms with Gasteiger partial charge in [0.05, 0.1) is 12.2 Å². The molecule has 7 heteroatoms. The van der Waals surface area contributed by atoms with Gasteiger partial charge >= 0.3 is 0 Å². The van der Waals surface area contributed by atoms with E-state index in [-0.39, 0.29) is 6.61 Å². The zero-order valence-corrected chi connectivity index (χ0v) is 11.1. The summed E-state index contributed by atoms with van der Waals surface area (Å²) in [5.74, 6) is 0. The summed E-state index contributed by atoms with van der Waals surface area (Å²) in [7, 11) is 0. The molecule has 0 aliphatic carbocycles. The van der Waals surface area contributed by atoms with Gasteiger partial charge < -0.3 is 10.4 Å². The Kier molecular flexibility index (Phi) is 5.05. The lowest BCUT2D eigenvalue weighted by atomic mass is 10.3. The second-order valence-corrected chi connectivity index (χ2v) is 4.56. The Morgan fingerprint density at radius 3 is 3.05 bits per heavy atom. The molecule has 2 aromatic heterocycles. The van der Waals surface area contributed by atoms with Crippen LogP contribution in [0.25, 0.3) is 0 Å². The first-order valence-corrected chi connectivity index (χ1v) is 6.48. The van der Waals surface area contributed by atoms with Crippen LogP contribution in [0.3, 0.4) is 0 Å². The SMILES string of the molecule is CC(Cn1cccn1)NCc1cn(CCCO)nn1. The van der Waals surface area contributed by atoms with Crippen LogP contribution in [0.4, 0.5) is 0 Å². The van der Waals surface area contributed by atoms with Gasteiger partial charge in [-0.05, 0) is 19.4 Å². The van der Waals surface area contributed by atoms with Gasteiger partial charge in [0.1, 0.15) is 0 Å². The van der Waals surface area contributed by atoms with Gasteiger partial charge in [-0.15, -0.1) is 5.10 Å². The molecule has 0 aliphatic heterocycles. The van der Waals surface area contributed by atoms with Crippen LogP contribution in [-0.2, 0) is 19.6 Å². The number of nitrogens with one attached hydrogen (secondary N) is 1. The highest BCUT2D eigenvalue weighted by Crippen LogP contribution is 1.97. The van der Waals surface area contributed by atoms with Gasteiger partial charge in [-0.3, -0.25) is 9.36 Å². The summed E-state index contributed by atoms with van der Waals surface area (Å²) < 4.78 is 3.65. The Morgan fingerprint density at radius 2 is 2.32 bits per heavy atom. The molecule has 104 valence electrons. The molecular weight excluding hydrogens is 244 g/mol. The Bertz CT molecular complexity index is 466. The van der Waals surface area contributed by atoms with Crippen LogP contribution >= 0.6 is 0 Å². The minimum absolute atomic E-state index is 0.175. The predicted molar refractivity (Wildman–Crippen MR) is 70.3 cm³/mol. The van der Waals surface area contributed by atoms with E-state index < -0.39 is 0 Å². The number of hydrogen-bond acceptors (Lipinski definition) is 5. The summed E-state index contributed by atoms with van der Waals surface area (Å²) in [6.07, 6.45) is 6.33. The van der Waals surface area contributed by atoms with Crippen molar-refractivity contribution in [1.29, 1.82) is 0 Å². The molecule has 19 heavy (non-hydrogen) atoms. The second-order valence-electron chi connectivity index (χ2n) is 4.56. The molecule has 2 heterocycles. The van der Waals surface area contributed by atoms with Crippen LogP contribution < -0.4 is 5.32 Å². The van der Waals surface area contributed by atoms with Gasteiger partial charge in [-0.2, -0.15) is 5.10 Å². The van der Waals surface area contributed by atoms with E-state index in [1.165, 1.54) is 0 Å². The van der Waals surface area contributed by atoms with Crippen molar-refractivity contribution in [2.24, 2.45) is 0 Å². The van der Waals surface area contributed by atoms with Gasteiger partial charge in [0.2, 0.25) is 0 Å². The highest BCUT2D eigenvalue weighted by molar-refractivity contribution is 4.92. The summed E-state index contributed by atoms with van der Waals surface area (Å²) in [6.45, 7) is 4.49. The van der Waals surface area contributed by atoms with E-state index in [0.29, 0.717) is 25.6 Å². The molecule has 0 fully saturated rings. The predicted octanol–water partition coefficient (Wildman–Crippen LogP) is 0.0353. The van der Waals surface area contributed by atoms with E-state index in [9.17, 15) is 0 Å². The number of nitrogens with zero attached hydrogens (tertiary/aromatic N) is 5. The lowest BCUT2D eigenvalue weighted by Gasteiger charge is -2.12. The third-order valence-electron chi connectivity index (χ3n) is 2.78. The van der Waals surface area contributed by atoms with Crippen molar-refractivity contribution >= 4 is 0 Å². The van der Waals surface area contributed by atoms with E-state index in [4.69, 9.17) is 5.11 Å². The van der Waals surface area contributed by atoms with E-state index in [1.807, 2.05) is 23.1 Å². The summed E-state index contributed by atoms with van der Waals surface area (Å²) >= 11 is 0. The Morgan fingerprint density at radius 1 is 1.42 bits per heavy atom. The first kappa shape index (κ1) is 13.7. The van der Waals surface area contributed by atoms with E-state index in [2.05, 4.69) is 27.7 Å². The van der Waals surface area contributed by atoms with Crippen LogP contribution in [0.15, 0.2) is 24.7 Å². The van der Waals surface area contributed by atoms with Crippen LogP contribution in [0.2, 0.25) is 0 Å². The normalized spacial score (nSPS) is 12.7. The molecule has 0 amide bonds. The summed E-state index contributed by atoms with van der Waals surface area (Å²) in [5.41, 5.74) is 0.908. The van der Waals surface area contributed by atoms with Crippen molar-refractivity contribution in [1.82, 2.24) is 30.1 Å². The molecule has 0 saturated heterocycles. The molecule has 2 aromatic rings. The van der Waals surface area contributed by atoms with Crippen LogP contribution in [0.5, 0.6) is 0 Å². The molecule has 0 aromatic carbocycles. The third-order valence-corrected chi connectivity index (χ3v) is 2.78. The van der Waals surface area contributed by atoms with Gasteiger partial charge in [0.15, 0.2) is 0 Å². The zero-order valence-electron chi connectivity index (χ0n) is 11.1. The largest absolute Gasteiger partial charge is 0.396 e. The van der Waals surface area contributed by atoms with Crippen molar-refractivity contribution in [3.05, 3.63) is 30.4 Å². The fraction of sp³-hybridized carbons (Fsp3) is 0.583. The molecule has 0 saturated carbocycles. The Hall–Kier alpha value is -1.73. The van der Waals surface area contributed by atoms with E-state index in [0.717, 1.165) is 12.2 Å². The molecule has 0 spiro atoms. The number of rotatable bonds is 8. The second kappa shape index (κ2) is 7.01. The van der Waals surface area contributed by atoms with Crippen molar-refractivity contribution in [2.45, 2.75) is 39.0 Å². The molecule has 2 N–H and O–H groups in total. The number of aliphatic hydroxyl groups is 1. The van der Waals surface area contributed by atoms with E-state index >= 15 is 0 Å². The van der Waals surface area contributed by atoms with Crippen LogP contribution in [0, 0.1) is 0 Å². The average molecular weight is 264 g/mol. The standard InChI is InChI=1S/C12H20N6O/c1-11(9-17-5-2-4-14-17)13-8-12-10-18(16-15-12)6-3-7-19/h2,4-5,10-11,13,19H,3,6-9H2,1H3. The number of aliphatic hydroxyl groups excluding tert-OH is 1. The fourth-order valence-corrected chi connectivity index (χ4v) is 1.79. The smallest absolute Gasteiger partial charge is 0.0964 e. The highest BCUT2D eigenvalue weighted by atomic mass is 16.3. The quantitative estimate of drug-likeness (QED) is 0.703. The molecule has 0 aliphatic rings. The lowest BCUT2D eigenvalue weighted by molar-refractivity contribution is 0.276. The van der Waals surface area contributed by atoms with E-state index in [1.54, 1.807) is 10.9 Å². The number of hydrogen-bond donors (Lipinski definition) is 2. The van der Waals surface area contributed by atoms with Gasteiger partial charge in [-0.25, -0.2) is 0 Å². The number of aryl methyl sites for hydroxylation is 1. The minimum Gasteiger partial charge on any atom is -0.396 e. The lowest BCUT2D eigenvalue weighted by Crippen LogP contribution is -2.30. The van der Waals surface area contributed by atoms with Gasteiger partial charge in [-0.1, -0.05) is 5.21 Å². The topological polar surface area (TPSA) is 80.8 Å². The summed E-state index contributed by atoms with van der Waals surface area (Å²) in [6, 6.07) is 2.22.